The largest absolute Gasteiger partial charge is 0.369 e. The van der Waals surface area contributed by atoms with E-state index in [0.29, 0.717) is 12.2 Å². The monoisotopic (exact) mass is 303 g/mol. The van der Waals surface area contributed by atoms with Crippen molar-refractivity contribution in [2.24, 2.45) is 0 Å². The van der Waals surface area contributed by atoms with Gasteiger partial charge in [-0.05, 0) is 0 Å². The number of fused-ring (bicyclic) bond motifs is 1. The molecule has 0 bridgehead atoms. The average molecular weight is 303 g/mol. The molecule has 0 fully saturated rings. The maximum absolute atomic E-state index is 11.5. The molecule has 0 aromatic carbocycles. The number of nitrogen functional groups attached to an aromatic ring is 1. The Labute approximate surface area is 113 Å². The molecular weight excluding hydrogens is 289 g/mol. The van der Waals surface area contributed by atoms with Crippen LogP contribution in [-0.2, 0) is 20.4 Å². The summed E-state index contributed by atoms with van der Waals surface area (Å²) < 4.78 is 22.1. The van der Waals surface area contributed by atoms with E-state index in [9.17, 15) is 9.36 Å². The first kappa shape index (κ1) is 14.7. The Morgan fingerprint density at radius 3 is 3.05 bits per heavy atom. The van der Waals surface area contributed by atoms with Crippen LogP contribution in [0.4, 0.5) is 5.95 Å². The first-order valence-corrected chi connectivity index (χ1v) is 7.35. The Balaban J connectivity index is 2.04. The summed E-state index contributed by atoms with van der Waals surface area (Å²) in [5.74, 6) is -0.00980. The molecule has 11 heteroatoms. The van der Waals surface area contributed by atoms with E-state index in [1.807, 2.05) is 0 Å². The van der Waals surface area contributed by atoms with E-state index in [1.165, 1.54) is 6.33 Å². The van der Waals surface area contributed by atoms with Crippen LogP contribution in [0.25, 0.3) is 11.2 Å². The van der Waals surface area contributed by atoms with Crippen molar-refractivity contribution in [1.82, 2.24) is 19.5 Å². The molecule has 0 radical (unpaired) electrons. The van der Waals surface area contributed by atoms with Crippen LogP contribution >= 0.6 is 7.60 Å². The van der Waals surface area contributed by atoms with Crippen LogP contribution in [0.5, 0.6) is 0 Å². The van der Waals surface area contributed by atoms with E-state index in [0.717, 1.165) is 7.11 Å². The minimum absolute atomic E-state index is 0.00980. The first-order chi connectivity index (χ1) is 9.43. The van der Waals surface area contributed by atoms with Crippen molar-refractivity contribution in [1.29, 1.82) is 0 Å². The summed E-state index contributed by atoms with van der Waals surface area (Å²) >= 11 is 0. The SMILES string of the molecule is COP(=O)(O)COCCn1cnc2c(=O)[nH]c(N)nc21. The number of aromatic nitrogens is 4. The van der Waals surface area contributed by atoms with Gasteiger partial charge < -0.3 is 24.5 Å². The Kier molecular flexibility index (Phi) is 4.19. The second-order valence-electron chi connectivity index (χ2n) is 3.92. The number of rotatable bonds is 6. The molecule has 0 saturated carbocycles. The predicted molar refractivity (Wildman–Crippen MR) is 70.2 cm³/mol. The van der Waals surface area contributed by atoms with Crippen LogP contribution in [-0.4, -0.2) is 44.5 Å². The molecule has 1 atom stereocenters. The summed E-state index contributed by atoms with van der Waals surface area (Å²) in [5, 5.41) is 0. The molecule has 0 amide bonds. The third kappa shape index (κ3) is 3.23. The van der Waals surface area contributed by atoms with Gasteiger partial charge in [0.2, 0.25) is 5.95 Å². The molecule has 2 aromatic rings. The first-order valence-electron chi connectivity index (χ1n) is 5.59. The highest BCUT2D eigenvalue weighted by Crippen LogP contribution is 2.40. The molecule has 0 aliphatic heterocycles. The van der Waals surface area contributed by atoms with Crippen LogP contribution in [0.3, 0.4) is 0 Å². The number of nitrogens with one attached hydrogen (secondary N) is 1. The molecule has 0 spiro atoms. The third-order valence-electron chi connectivity index (χ3n) is 2.51. The lowest BCUT2D eigenvalue weighted by molar-refractivity contribution is 0.144. The van der Waals surface area contributed by atoms with Crippen molar-refractivity contribution >= 4 is 24.7 Å². The highest BCUT2D eigenvalue weighted by atomic mass is 31.2. The average Bonchev–Trinajstić information content (AvgIpc) is 2.78. The second-order valence-corrected chi connectivity index (χ2v) is 5.82. The molecule has 10 nitrogen and oxygen atoms in total. The van der Waals surface area contributed by atoms with E-state index in [-0.39, 0.29) is 18.1 Å². The number of imidazole rings is 1. The summed E-state index contributed by atoms with van der Waals surface area (Å²) in [6.07, 6.45) is 1.01. The molecule has 20 heavy (non-hydrogen) atoms. The van der Waals surface area contributed by atoms with Gasteiger partial charge in [-0.25, -0.2) is 4.98 Å². The number of H-pyrrole nitrogens is 1. The van der Waals surface area contributed by atoms with E-state index in [1.54, 1.807) is 4.57 Å². The zero-order chi connectivity index (χ0) is 14.8. The van der Waals surface area contributed by atoms with Crippen molar-refractivity contribution in [3.63, 3.8) is 0 Å². The van der Waals surface area contributed by atoms with Crippen molar-refractivity contribution in [3.05, 3.63) is 16.7 Å². The fourth-order valence-corrected chi connectivity index (χ4v) is 2.00. The Bertz CT molecular complexity index is 710. The number of anilines is 1. The smallest absolute Gasteiger partial charge is 0.353 e. The highest BCUT2D eigenvalue weighted by Gasteiger charge is 2.17. The van der Waals surface area contributed by atoms with Gasteiger partial charge in [-0.2, -0.15) is 4.98 Å². The fourth-order valence-electron chi connectivity index (χ4n) is 1.53. The lowest BCUT2D eigenvalue weighted by atomic mass is 10.5. The number of aromatic amines is 1. The minimum Gasteiger partial charge on any atom is -0.369 e. The topological polar surface area (TPSA) is 145 Å². The number of ether oxygens (including phenoxy) is 1. The van der Waals surface area contributed by atoms with E-state index >= 15 is 0 Å². The molecule has 2 rings (SSSR count). The molecule has 0 aliphatic carbocycles. The zero-order valence-corrected chi connectivity index (χ0v) is 11.5. The van der Waals surface area contributed by atoms with Gasteiger partial charge in [-0.1, -0.05) is 0 Å². The normalized spacial score (nSPS) is 14.5. The molecule has 110 valence electrons. The number of hydrogen-bond donors (Lipinski definition) is 3. The minimum atomic E-state index is -3.68. The summed E-state index contributed by atoms with van der Waals surface area (Å²) in [6.45, 7) is 0.434. The maximum Gasteiger partial charge on any atom is 0.353 e. The standard InChI is InChI=1S/C9H14N5O5P/c1-18-20(16,17)5-19-3-2-14-4-11-6-7(14)12-9(10)13-8(6)15/h4H,2-3,5H2,1H3,(H,16,17)(H3,10,12,13,15). The van der Waals surface area contributed by atoms with Gasteiger partial charge in [0.25, 0.3) is 5.56 Å². The third-order valence-corrected chi connectivity index (χ3v) is 3.59. The molecule has 1 unspecified atom stereocenters. The number of nitrogens with zero attached hydrogens (tertiary/aromatic N) is 3. The van der Waals surface area contributed by atoms with Crippen LogP contribution in [0.1, 0.15) is 0 Å². The van der Waals surface area contributed by atoms with E-state index in [2.05, 4.69) is 19.5 Å². The van der Waals surface area contributed by atoms with Gasteiger partial charge in [-0.3, -0.25) is 14.3 Å². The van der Waals surface area contributed by atoms with Gasteiger partial charge >= 0.3 is 7.60 Å². The predicted octanol–water partition coefficient (Wildman–Crippen LogP) is -0.492. The lowest BCUT2D eigenvalue weighted by Gasteiger charge is -2.09. The molecule has 0 saturated heterocycles. The molecule has 0 aliphatic rings. The van der Waals surface area contributed by atoms with Gasteiger partial charge in [0.15, 0.2) is 11.2 Å². The quantitative estimate of drug-likeness (QED) is 0.478. The summed E-state index contributed by atoms with van der Waals surface area (Å²) in [7, 11) is -2.55. The zero-order valence-electron chi connectivity index (χ0n) is 10.6. The highest BCUT2D eigenvalue weighted by molar-refractivity contribution is 7.52. The van der Waals surface area contributed by atoms with Gasteiger partial charge in [0.1, 0.15) is 6.35 Å². The second kappa shape index (κ2) is 5.71. The van der Waals surface area contributed by atoms with Crippen molar-refractivity contribution in [3.8, 4) is 0 Å². The van der Waals surface area contributed by atoms with Crippen LogP contribution in [0.2, 0.25) is 0 Å². The maximum atomic E-state index is 11.5. The van der Waals surface area contributed by atoms with Gasteiger partial charge in [-0.15, -0.1) is 0 Å². The molecular formula is C9H14N5O5P. The summed E-state index contributed by atoms with van der Waals surface area (Å²) in [5.41, 5.74) is 5.53. The van der Waals surface area contributed by atoms with Crippen molar-refractivity contribution < 1.29 is 18.7 Å². The Morgan fingerprint density at radius 1 is 1.60 bits per heavy atom. The lowest BCUT2D eigenvalue weighted by Crippen LogP contribution is -2.13. The van der Waals surface area contributed by atoms with Gasteiger partial charge in [0.05, 0.1) is 12.9 Å². The Hall–Kier alpha value is -1.74. The van der Waals surface area contributed by atoms with E-state index < -0.39 is 19.5 Å². The Morgan fingerprint density at radius 2 is 2.35 bits per heavy atom. The van der Waals surface area contributed by atoms with Crippen molar-refractivity contribution in [2.45, 2.75) is 6.54 Å². The van der Waals surface area contributed by atoms with Crippen LogP contribution in [0, 0.1) is 0 Å². The summed E-state index contributed by atoms with van der Waals surface area (Å²) in [6, 6.07) is 0. The van der Waals surface area contributed by atoms with E-state index in [4.69, 9.17) is 15.4 Å². The van der Waals surface area contributed by atoms with Crippen LogP contribution in [0.15, 0.2) is 11.1 Å². The molecule has 2 heterocycles. The number of nitrogens with two attached hydrogens (primary N) is 1. The van der Waals surface area contributed by atoms with Crippen LogP contribution < -0.4 is 11.3 Å². The van der Waals surface area contributed by atoms with Gasteiger partial charge in [0, 0.05) is 13.7 Å². The molecule has 4 N–H and O–H groups in total. The summed E-state index contributed by atoms with van der Waals surface area (Å²) in [4.78, 5) is 30.9. The molecule has 2 aromatic heterocycles. The fraction of sp³-hybridized carbons (Fsp3) is 0.444. The van der Waals surface area contributed by atoms with Crippen molar-refractivity contribution in [2.75, 3.05) is 25.8 Å². The number of hydrogen-bond acceptors (Lipinski definition) is 7.